The van der Waals surface area contributed by atoms with Gasteiger partial charge in [-0.25, -0.2) is 4.98 Å². The Bertz CT molecular complexity index is 849. The highest BCUT2D eigenvalue weighted by Gasteiger charge is 2.10. The van der Waals surface area contributed by atoms with Crippen molar-refractivity contribution in [3.8, 4) is 11.5 Å². The molecule has 0 aliphatic rings. The number of pyridine rings is 1. The molecule has 0 unspecified atom stereocenters. The van der Waals surface area contributed by atoms with E-state index in [9.17, 15) is 4.79 Å². The lowest BCUT2D eigenvalue weighted by Gasteiger charge is -2.11. The van der Waals surface area contributed by atoms with Crippen LogP contribution in [0.3, 0.4) is 0 Å². The summed E-state index contributed by atoms with van der Waals surface area (Å²) in [6, 6.07) is 20.8. The number of amides is 1. The average Bonchev–Trinajstić information content (AvgIpc) is 2.68. The largest absolute Gasteiger partial charge is 0.497 e. The Morgan fingerprint density at radius 1 is 0.962 bits per heavy atom. The van der Waals surface area contributed by atoms with Gasteiger partial charge in [0.1, 0.15) is 12.4 Å². The summed E-state index contributed by atoms with van der Waals surface area (Å²) in [5, 5.41) is 2.82. The van der Waals surface area contributed by atoms with E-state index in [0.717, 1.165) is 16.9 Å². The lowest BCUT2D eigenvalue weighted by Crippen LogP contribution is -2.16. The Morgan fingerprint density at radius 3 is 2.46 bits per heavy atom. The second-order valence-electron chi connectivity index (χ2n) is 5.70. The maximum absolute atomic E-state index is 12.3. The molecule has 1 N–H and O–H groups in total. The van der Waals surface area contributed by atoms with Gasteiger partial charge in [0.2, 0.25) is 5.91 Å². The summed E-state index contributed by atoms with van der Waals surface area (Å²) < 4.78 is 10.9. The first-order valence-electron chi connectivity index (χ1n) is 8.29. The minimum absolute atomic E-state index is 0.154. The zero-order valence-corrected chi connectivity index (χ0v) is 14.5. The van der Waals surface area contributed by atoms with E-state index < -0.39 is 0 Å². The number of ether oxygens (including phenoxy) is 2. The molecule has 3 aromatic rings. The van der Waals surface area contributed by atoms with Crippen molar-refractivity contribution < 1.29 is 14.3 Å². The number of aromatic nitrogens is 1. The van der Waals surface area contributed by atoms with E-state index in [1.54, 1.807) is 25.4 Å². The summed E-state index contributed by atoms with van der Waals surface area (Å²) in [7, 11) is 1.61. The first-order valence-corrected chi connectivity index (χ1v) is 8.29. The van der Waals surface area contributed by atoms with Crippen LogP contribution < -0.4 is 14.8 Å². The van der Waals surface area contributed by atoms with Crippen LogP contribution in [0.25, 0.3) is 0 Å². The third kappa shape index (κ3) is 4.83. The van der Waals surface area contributed by atoms with Gasteiger partial charge in [-0.05, 0) is 35.4 Å². The number of hydrogen-bond donors (Lipinski definition) is 1. The zero-order chi connectivity index (χ0) is 18.2. The molecule has 1 amide bonds. The number of nitrogens with zero attached hydrogens (tertiary/aromatic N) is 1. The van der Waals surface area contributed by atoms with Crippen LogP contribution in [-0.4, -0.2) is 18.0 Å². The number of methoxy groups -OCH3 is 1. The summed E-state index contributed by atoms with van der Waals surface area (Å²) >= 11 is 0. The van der Waals surface area contributed by atoms with Crippen molar-refractivity contribution >= 4 is 11.7 Å². The standard InChI is InChI=1S/C21H20N2O3/c1-25-18-11-9-16(10-12-18)14-20(24)23-21-19(8-5-13-22-21)26-15-17-6-3-2-4-7-17/h2-13H,14-15H2,1H3,(H,22,23,24). The lowest BCUT2D eigenvalue weighted by atomic mass is 10.1. The Balaban J connectivity index is 1.62. The van der Waals surface area contributed by atoms with Gasteiger partial charge >= 0.3 is 0 Å². The maximum atomic E-state index is 12.3. The SMILES string of the molecule is COc1ccc(CC(=O)Nc2ncccc2OCc2ccccc2)cc1. The highest BCUT2D eigenvalue weighted by molar-refractivity contribution is 5.92. The first kappa shape index (κ1) is 17.5. The van der Waals surface area contributed by atoms with Gasteiger partial charge in [0.05, 0.1) is 13.5 Å². The van der Waals surface area contributed by atoms with Crippen molar-refractivity contribution in [2.24, 2.45) is 0 Å². The molecule has 0 fully saturated rings. The molecule has 26 heavy (non-hydrogen) atoms. The number of anilines is 1. The van der Waals surface area contributed by atoms with E-state index in [2.05, 4.69) is 10.3 Å². The molecule has 2 aromatic carbocycles. The molecule has 0 aliphatic carbocycles. The van der Waals surface area contributed by atoms with Gasteiger partial charge in [-0.2, -0.15) is 0 Å². The monoisotopic (exact) mass is 348 g/mol. The van der Waals surface area contributed by atoms with Crippen molar-refractivity contribution in [3.63, 3.8) is 0 Å². The molecule has 0 spiro atoms. The van der Waals surface area contributed by atoms with Gasteiger partial charge in [-0.1, -0.05) is 42.5 Å². The van der Waals surface area contributed by atoms with Crippen LogP contribution in [0.5, 0.6) is 11.5 Å². The Morgan fingerprint density at radius 2 is 1.73 bits per heavy atom. The molecule has 1 heterocycles. The number of hydrogen-bond acceptors (Lipinski definition) is 4. The number of nitrogens with one attached hydrogen (secondary N) is 1. The molecule has 0 radical (unpaired) electrons. The first-order chi connectivity index (χ1) is 12.7. The number of carbonyl (C=O) groups excluding carboxylic acids is 1. The van der Waals surface area contributed by atoms with Crippen molar-refractivity contribution in [2.75, 3.05) is 12.4 Å². The fourth-order valence-electron chi connectivity index (χ4n) is 2.44. The summed E-state index contributed by atoms with van der Waals surface area (Å²) in [6.45, 7) is 0.411. The molecule has 0 atom stereocenters. The van der Waals surface area contributed by atoms with Crippen LogP contribution >= 0.6 is 0 Å². The van der Waals surface area contributed by atoms with Crippen molar-refractivity contribution in [1.29, 1.82) is 0 Å². The van der Waals surface area contributed by atoms with E-state index in [1.807, 2.05) is 54.6 Å². The number of benzene rings is 2. The maximum Gasteiger partial charge on any atom is 0.230 e. The van der Waals surface area contributed by atoms with Crippen LogP contribution in [0.4, 0.5) is 5.82 Å². The summed E-state index contributed by atoms with van der Waals surface area (Å²) in [4.78, 5) is 16.5. The molecule has 1 aromatic heterocycles. The normalized spacial score (nSPS) is 10.2. The second kappa shape index (κ2) is 8.67. The molecule has 5 nitrogen and oxygen atoms in total. The predicted octanol–water partition coefficient (Wildman–Crippen LogP) is 3.85. The van der Waals surface area contributed by atoms with Crippen LogP contribution in [0, 0.1) is 0 Å². The van der Waals surface area contributed by atoms with Gasteiger partial charge in [0.25, 0.3) is 0 Å². The van der Waals surface area contributed by atoms with Crippen molar-refractivity contribution in [3.05, 3.63) is 84.1 Å². The van der Waals surface area contributed by atoms with Crippen LogP contribution in [-0.2, 0) is 17.8 Å². The van der Waals surface area contributed by atoms with Crippen LogP contribution in [0.2, 0.25) is 0 Å². The van der Waals surface area contributed by atoms with Crippen molar-refractivity contribution in [2.45, 2.75) is 13.0 Å². The molecule has 0 saturated heterocycles. The molecular formula is C21H20N2O3. The van der Waals surface area contributed by atoms with Crippen molar-refractivity contribution in [1.82, 2.24) is 4.98 Å². The third-order valence-electron chi connectivity index (χ3n) is 3.79. The fraction of sp³-hybridized carbons (Fsp3) is 0.143. The minimum Gasteiger partial charge on any atom is -0.497 e. The smallest absolute Gasteiger partial charge is 0.230 e. The highest BCUT2D eigenvalue weighted by Crippen LogP contribution is 2.22. The van der Waals surface area contributed by atoms with Crippen LogP contribution in [0.1, 0.15) is 11.1 Å². The summed E-state index contributed by atoms with van der Waals surface area (Å²) in [6.07, 6.45) is 1.87. The molecular weight excluding hydrogens is 328 g/mol. The van der Waals surface area contributed by atoms with Gasteiger partial charge < -0.3 is 14.8 Å². The minimum atomic E-state index is -0.154. The Labute approximate surface area is 152 Å². The quantitative estimate of drug-likeness (QED) is 0.704. The molecule has 0 aliphatic heterocycles. The summed E-state index contributed by atoms with van der Waals surface area (Å²) in [5.74, 6) is 1.57. The number of carbonyl (C=O) groups is 1. The number of rotatable bonds is 7. The predicted molar refractivity (Wildman–Crippen MR) is 100 cm³/mol. The molecule has 132 valence electrons. The zero-order valence-electron chi connectivity index (χ0n) is 14.5. The van der Waals surface area contributed by atoms with Crippen LogP contribution in [0.15, 0.2) is 72.9 Å². The second-order valence-corrected chi connectivity index (χ2v) is 5.70. The Hall–Kier alpha value is -3.34. The molecule has 0 saturated carbocycles. The van der Waals surface area contributed by atoms with E-state index >= 15 is 0 Å². The van der Waals surface area contributed by atoms with Gasteiger partial charge in [-0.15, -0.1) is 0 Å². The molecule has 5 heteroatoms. The van der Waals surface area contributed by atoms with E-state index in [4.69, 9.17) is 9.47 Å². The third-order valence-corrected chi connectivity index (χ3v) is 3.79. The van der Waals surface area contributed by atoms with Gasteiger partial charge in [0.15, 0.2) is 11.6 Å². The highest BCUT2D eigenvalue weighted by atomic mass is 16.5. The molecule has 3 rings (SSSR count). The topological polar surface area (TPSA) is 60.5 Å². The van der Waals surface area contributed by atoms with Gasteiger partial charge in [-0.3, -0.25) is 4.79 Å². The lowest BCUT2D eigenvalue weighted by molar-refractivity contribution is -0.115. The average molecular weight is 348 g/mol. The fourth-order valence-corrected chi connectivity index (χ4v) is 2.44. The van der Waals surface area contributed by atoms with E-state index in [1.165, 1.54) is 0 Å². The van der Waals surface area contributed by atoms with E-state index in [0.29, 0.717) is 18.2 Å². The molecule has 0 bridgehead atoms. The Kier molecular flexibility index (Phi) is 5.83. The van der Waals surface area contributed by atoms with Gasteiger partial charge in [0, 0.05) is 6.20 Å². The van der Waals surface area contributed by atoms with E-state index in [-0.39, 0.29) is 12.3 Å². The summed E-state index contributed by atoms with van der Waals surface area (Å²) in [5.41, 5.74) is 1.94.